The van der Waals surface area contributed by atoms with E-state index in [2.05, 4.69) is 33.4 Å². The van der Waals surface area contributed by atoms with E-state index in [0.717, 1.165) is 46.1 Å². The van der Waals surface area contributed by atoms with Crippen molar-refractivity contribution in [1.29, 1.82) is 0 Å². The number of rotatable bonds is 9. The van der Waals surface area contributed by atoms with E-state index in [0.29, 0.717) is 6.61 Å². The lowest BCUT2D eigenvalue weighted by molar-refractivity contribution is 0.223. The van der Waals surface area contributed by atoms with Crippen LogP contribution >= 0.6 is 27.5 Å². The molecule has 25 heavy (non-hydrogen) atoms. The quantitative estimate of drug-likeness (QED) is 0.528. The highest BCUT2D eigenvalue weighted by Crippen LogP contribution is 2.34. The molecule has 136 valence electrons. The summed E-state index contributed by atoms with van der Waals surface area (Å²) in [6.45, 7) is 8.26. The van der Waals surface area contributed by atoms with Crippen LogP contribution in [-0.2, 0) is 13.0 Å². The van der Waals surface area contributed by atoms with Gasteiger partial charge in [-0.15, -0.1) is 0 Å². The van der Waals surface area contributed by atoms with Crippen molar-refractivity contribution in [3.63, 3.8) is 0 Å². The summed E-state index contributed by atoms with van der Waals surface area (Å²) in [4.78, 5) is 0. The highest BCUT2D eigenvalue weighted by atomic mass is 79.9. The Balaban J connectivity index is 1.96. The van der Waals surface area contributed by atoms with E-state index >= 15 is 0 Å². The fourth-order valence-corrected chi connectivity index (χ4v) is 3.02. The number of halogens is 2. The Kier molecular flexibility index (Phi) is 8.07. The fourth-order valence-electron chi connectivity index (χ4n) is 2.43. The number of ether oxygens (including phenoxy) is 2. The third-order valence-electron chi connectivity index (χ3n) is 3.59. The zero-order valence-electron chi connectivity index (χ0n) is 14.9. The summed E-state index contributed by atoms with van der Waals surface area (Å²) in [6, 6.07) is 12.0. The third-order valence-corrected chi connectivity index (χ3v) is 4.58. The molecule has 2 aromatic carbocycles. The maximum absolute atomic E-state index is 5.91. The van der Waals surface area contributed by atoms with Crippen molar-refractivity contribution in [2.45, 2.75) is 39.8 Å². The molecule has 5 heteroatoms. The first kappa shape index (κ1) is 20.1. The van der Waals surface area contributed by atoms with Gasteiger partial charge in [0.05, 0.1) is 12.7 Å². The number of benzene rings is 2. The molecule has 0 spiro atoms. The van der Waals surface area contributed by atoms with Crippen LogP contribution in [0.1, 0.15) is 31.9 Å². The van der Waals surface area contributed by atoms with E-state index in [9.17, 15) is 0 Å². The van der Waals surface area contributed by atoms with Crippen molar-refractivity contribution < 1.29 is 9.47 Å². The van der Waals surface area contributed by atoms with E-state index in [1.54, 1.807) is 0 Å². The van der Waals surface area contributed by atoms with Crippen LogP contribution in [0.15, 0.2) is 40.9 Å². The molecule has 0 fully saturated rings. The lowest BCUT2D eigenvalue weighted by Gasteiger charge is -2.17. The number of nitrogens with one attached hydrogen (secondary N) is 1. The second-order valence-electron chi connectivity index (χ2n) is 6.04. The SMILES string of the molecule is CCOc1cc(CNCCc2ccc(Cl)cc2)c(Br)cc1OC(C)C. The predicted octanol–water partition coefficient (Wildman–Crippen LogP) is 5.62. The van der Waals surface area contributed by atoms with E-state index in [4.69, 9.17) is 21.1 Å². The molecule has 0 aromatic heterocycles. The minimum atomic E-state index is 0.106. The van der Waals surface area contributed by atoms with Gasteiger partial charge >= 0.3 is 0 Å². The first-order chi connectivity index (χ1) is 12.0. The normalized spacial score (nSPS) is 11.0. The van der Waals surface area contributed by atoms with Crippen molar-refractivity contribution in [3.05, 3.63) is 57.0 Å². The van der Waals surface area contributed by atoms with Crippen LogP contribution in [0.4, 0.5) is 0 Å². The fraction of sp³-hybridized carbons (Fsp3) is 0.400. The van der Waals surface area contributed by atoms with Gasteiger partial charge in [0.1, 0.15) is 0 Å². The lowest BCUT2D eigenvalue weighted by atomic mass is 10.1. The Morgan fingerprint density at radius 3 is 2.48 bits per heavy atom. The standard InChI is InChI=1S/C20H25BrClNO2/c1-4-24-19-11-16(18(21)12-20(19)25-14(2)3)13-23-10-9-15-5-7-17(22)8-6-15/h5-8,11-12,14,23H,4,9-10,13H2,1-3H3. The topological polar surface area (TPSA) is 30.5 Å². The van der Waals surface area contributed by atoms with Crippen LogP contribution in [-0.4, -0.2) is 19.3 Å². The zero-order chi connectivity index (χ0) is 18.2. The smallest absolute Gasteiger partial charge is 0.162 e. The molecule has 0 aliphatic carbocycles. The second-order valence-corrected chi connectivity index (χ2v) is 7.33. The van der Waals surface area contributed by atoms with Crippen LogP contribution < -0.4 is 14.8 Å². The van der Waals surface area contributed by atoms with Gasteiger partial charge in [-0.3, -0.25) is 0 Å². The molecular formula is C20H25BrClNO2. The molecule has 2 rings (SSSR count). The van der Waals surface area contributed by atoms with E-state index in [1.807, 2.05) is 45.0 Å². The molecule has 0 atom stereocenters. The van der Waals surface area contributed by atoms with E-state index < -0.39 is 0 Å². The maximum atomic E-state index is 5.91. The van der Waals surface area contributed by atoms with Gasteiger partial charge in [0, 0.05) is 16.0 Å². The van der Waals surface area contributed by atoms with Gasteiger partial charge in [-0.1, -0.05) is 39.7 Å². The predicted molar refractivity (Wildman–Crippen MR) is 108 cm³/mol. The summed E-state index contributed by atoms with van der Waals surface area (Å²) >= 11 is 9.55. The van der Waals surface area contributed by atoms with Gasteiger partial charge in [-0.25, -0.2) is 0 Å². The highest BCUT2D eigenvalue weighted by Gasteiger charge is 2.12. The van der Waals surface area contributed by atoms with Crippen LogP contribution in [0.2, 0.25) is 5.02 Å². The Morgan fingerprint density at radius 2 is 1.84 bits per heavy atom. The zero-order valence-corrected chi connectivity index (χ0v) is 17.3. The van der Waals surface area contributed by atoms with Crippen molar-refractivity contribution >= 4 is 27.5 Å². The van der Waals surface area contributed by atoms with Crippen molar-refractivity contribution in [3.8, 4) is 11.5 Å². The van der Waals surface area contributed by atoms with Gasteiger partial charge in [0.2, 0.25) is 0 Å². The first-order valence-corrected chi connectivity index (χ1v) is 9.73. The van der Waals surface area contributed by atoms with Gasteiger partial charge in [0.15, 0.2) is 11.5 Å². The van der Waals surface area contributed by atoms with Gasteiger partial charge in [-0.05, 0) is 69.1 Å². The van der Waals surface area contributed by atoms with Gasteiger partial charge in [-0.2, -0.15) is 0 Å². The van der Waals surface area contributed by atoms with Gasteiger partial charge < -0.3 is 14.8 Å². The average Bonchev–Trinajstić information content (AvgIpc) is 2.56. The monoisotopic (exact) mass is 425 g/mol. The van der Waals surface area contributed by atoms with Crippen molar-refractivity contribution in [1.82, 2.24) is 5.32 Å². The van der Waals surface area contributed by atoms with E-state index in [1.165, 1.54) is 5.56 Å². The maximum Gasteiger partial charge on any atom is 0.162 e. The minimum absolute atomic E-state index is 0.106. The Morgan fingerprint density at radius 1 is 1.12 bits per heavy atom. The van der Waals surface area contributed by atoms with Crippen molar-refractivity contribution in [2.75, 3.05) is 13.2 Å². The Labute approximate surface area is 163 Å². The summed E-state index contributed by atoms with van der Waals surface area (Å²) < 4.78 is 12.6. The average molecular weight is 427 g/mol. The van der Waals surface area contributed by atoms with E-state index in [-0.39, 0.29) is 6.10 Å². The summed E-state index contributed by atoms with van der Waals surface area (Å²) in [5.74, 6) is 1.56. The van der Waals surface area contributed by atoms with Crippen molar-refractivity contribution in [2.24, 2.45) is 0 Å². The number of hydrogen-bond donors (Lipinski definition) is 1. The van der Waals surface area contributed by atoms with Gasteiger partial charge in [0.25, 0.3) is 0 Å². The molecule has 0 saturated carbocycles. The largest absolute Gasteiger partial charge is 0.490 e. The molecule has 2 aromatic rings. The molecule has 3 nitrogen and oxygen atoms in total. The molecule has 0 saturated heterocycles. The molecule has 0 bridgehead atoms. The summed E-state index contributed by atoms with van der Waals surface area (Å²) in [6.07, 6.45) is 1.07. The third kappa shape index (κ3) is 6.53. The molecular weight excluding hydrogens is 402 g/mol. The molecule has 0 aliphatic heterocycles. The highest BCUT2D eigenvalue weighted by molar-refractivity contribution is 9.10. The molecule has 0 amide bonds. The second kappa shape index (κ2) is 10.0. The van der Waals surface area contributed by atoms with Crippen LogP contribution in [0.25, 0.3) is 0 Å². The van der Waals surface area contributed by atoms with Crippen LogP contribution in [0.5, 0.6) is 11.5 Å². The Hall–Kier alpha value is -1.23. The molecule has 0 aliphatic rings. The van der Waals surface area contributed by atoms with Crippen LogP contribution in [0.3, 0.4) is 0 Å². The molecule has 0 heterocycles. The Bertz CT molecular complexity index is 674. The lowest BCUT2D eigenvalue weighted by Crippen LogP contribution is -2.17. The molecule has 0 radical (unpaired) electrons. The molecule has 1 N–H and O–H groups in total. The first-order valence-electron chi connectivity index (χ1n) is 8.56. The number of hydrogen-bond acceptors (Lipinski definition) is 3. The van der Waals surface area contributed by atoms with Crippen LogP contribution in [0, 0.1) is 0 Å². The minimum Gasteiger partial charge on any atom is -0.490 e. The summed E-state index contributed by atoms with van der Waals surface area (Å²) in [5, 5.41) is 4.25. The molecule has 0 unspecified atom stereocenters. The summed E-state index contributed by atoms with van der Waals surface area (Å²) in [5.41, 5.74) is 2.42. The summed E-state index contributed by atoms with van der Waals surface area (Å²) in [7, 11) is 0.